The molecule has 3 aromatic rings. The summed E-state index contributed by atoms with van der Waals surface area (Å²) in [5.41, 5.74) is 0.0475. The number of fused-ring (bicyclic) bond motifs is 1. The average molecular weight is 794 g/mol. The first-order valence-electron chi connectivity index (χ1n) is 19.6. The van der Waals surface area contributed by atoms with E-state index in [9.17, 15) is 24.0 Å². The third-order valence-corrected chi connectivity index (χ3v) is 10.1. The van der Waals surface area contributed by atoms with E-state index in [0.717, 1.165) is 20.9 Å². The number of methoxy groups -OCH3 is 1. The molecule has 308 valence electrons. The number of carbonyl (C=O) groups is 6. The predicted molar refractivity (Wildman–Crippen MR) is 218 cm³/mol. The molecule has 0 saturated carbocycles. The molecule has 58 heavy (non-hydrogen) atoms. The highest BCUT2D eigenvalue weighted by Gasteiger charge is 2.50. The van der Waals surface area contributed by atoms with Crippen LogP contribution in [0.15, 0.2) is 78.6 Å². The number of rotatable bonds is 10. The van der Waals surface area contributed by atoms with Crippen molar-refractivity contribution < 1.29 is 43.0 Å². The van der Waals surface area contributed by atoms with E-state index in [0.29, 0.717) is 23.5 Å². The minimum absolute atomic E-state index is 0.0137. The van der Waals surface area contributed by atoms with Gasteiger partial charge in [-0.2, -0.15) is 0 Å². The number of esters is 2. The van der Waals surface area contributed by atoms with Gasteiger partial charge in [0.25, 0.3) is 23.6 Å². The Kier molecular flexibility index (Phi) is 12.4. The summed E-state index contributed by atoms with van der Waals surface area (Å²) in [5, 5.41) is 2.79. The molecule has 2 aliphatic rings. The molecule has 0 bridgehead atoms. The Bertz CT molecular complexity index is 2070. The summed E-state index contributed by atoms with van der Waals surface area (Å²) in [6.07, 6.45) is 1.62. The van der Waals surface area contributed by atoms with Crippen LogP contribution in [-0.4, -0.2) is 70.2 Å². The summed E-state index contributed by atoms with van der Waals surface area (Å²) < 4.78 is 17.6. The van der Waals surface area contributed by atoms with Crippen LogP contribution in [0.1, 0.15) is 131 Å². The Hall–Kier alpha value is -5.78. The van der Waals surface area contributed by atoms with E-state index in [1.807, 2.05) is 53.7 Å². The molecular formula is C46H55N3O9. The van der Waals surface area contributed by atoms with E-state index in [2.05, 4.69) is 5.32 Å². The Balaban J connectivity index is 1.60. The topological polar surface area (TPSA) is 149 Å². The normalized spacial score (nSPS) is 16.9. The fourth-order valence-electron chi connectivity index (χ4n) is 7.21. The molecule has 3 aromatic carbocycles. The number of ether oxygens (including phenoxy) is 3. The molecule has 2 aliphatic heterocycles. The number of imide groups is 1. The van der Waals surface area contributed by atoms with E-state index >= 15 is 4.79 Å². The maximum atomic E-state index is 15.4. The molecule has 0 saturated heterocycles. The molecule has 0 fully saturated rings. The number of nitrogens with zero attached hydrogens (tertiary/aromatic N) is 2. The molecule has 2 unspecified atom stereocenters. The highest BCUT2D eigenvalue weighted by atomic mass is 16.6. The molecule has 2 heterocycles. The molecule has 5 rings (SSSR count). The maximum absolute atomic E-state index is 15.4. The zero-order chi connectivity index (χ0) is 42.9. The predicted octanol–water partition coefficient (Wildman–Crippen LogP) is 7.49. The van der Waals surface area contributed by atoms with E-state index in [4.69, 9.17) is 14.2 Å². The lowest BCUT2D eigenvalue weighted by molar-refractivity contribution is -0.165. The van der Waals surface area contributed by atoms with Gasteiger partial charge in [-0.1, -0.05) is 78.8 Å². The van der Waals surface area contributed by atoms with Gasteiger partial charge in [0.05, 0.1) is 24.7 Å². The van der Waals surface area contributed by atoms with Gasteiger partial charge in [0.2, 0.25) is 0 Å². The van der Waals surface area contributed by atoms with Gasteiger partial charge in [-0.15, -0.1) is 0 Å². The average Bonchev–Trinajstić information content (AvgIpc) is 3.38. The van der Waals surface area contributed by atoms with Crippen molar-refractivity contribution in [2.75, 3.05) is 7.11 Å². The molecule has 1 N–H and O–H groups in total. The van der Waals surface area contributed by atoms with Crippen molar-refractivity contribution in [1.29, 1.82) is 0 Å². The van der Waals surface area contributed by atoms with Crippen LogP contribution >= 0.6 is 0 Å². The first kappa shape index (κ1) is 43.3. The largest absolute Gasteiger partial charge is 0.497 e. The number of allylic oxidation sites excluding steroid dienone is 1. The van der Waals surface area contributed by atoms with E-state index in [1.165, 1.54) is 12.1 Å². The van der Waals surface area contributed by atoms with Gasteiger partial charge in [0.15, 0.2) is 0 Å². The Labute approximate surface area is 340 Å². The summed E-state index contributed by atoms with van der Waals surface area (Å²) in [7, 11) is 1.57. The molecule has 0 aliphatic carbocycles. The van der Waals surface area contributed by atoms with Gasteiger partial charge < -0.3 is 19.5 Å². The van der Waals surface area contributed by atoms with Crippen LogP contribution in [-0.2, 0) is 30.0 Å². The quantitative estimate of drug-likeness (QED) is 0.125. The number of nitrogens with one attached hydrogen (secondary N) is 1. The van der Waals surface area contributed by atoms with Crippen molar-refractivity contribution in [3.8, 4) is 11.5 Å². The van der Waals surface area contributed by atoms with Gasteiger partial charge >= 0.3 is 11.9 Å². The summed E-state index contributed by atoms with van der Waals surface area (Å²) in [4.78, 5) is 87.4. The van der Waals surface area contributed by atoms with Crippen LogP contribution in [0.2, 0.25) is 0 Å². The zero-order valence-electron chi connectivity index (χ0n) is 35.4. The van der Waals surface area contributed by atoms with Gasteiger partial charge in [-0.25, -0.2) is 4.79 Å². The monoisotopic (exact) mass is 793 g/mol. The molecule has 0 spiro atoms. The number of benzene rings is 3. The van der Waals surface area contributed by atoms with Crippen molar-refractivity contribution >= 4 is 35.6 Å². The fourth-order valence-corrected chi connectivity index (χ4v) is 7.21. The van der Waals surface area contributed by atoms with Crippen molar-refractivity contribution in [2.45, 2.75) is 117 Å². The van der Waals surface area contributed by atoms with E-state index < -0.39 is 76.4 Å². The SMILES string of the molecule is COc1cc(C(C)(C)C)c(OC(=O)C[C@@H](C)C(C(=O)N2C(NC(=O)c3ccccc3)=CCCC2C(=O)OC(C)(C)C)N2C(=O)c3ccccc3C2=O)c(C(C)(C)C)c1. The highest BCUT2D eigenvalue weighted by molar-refractivity contribution is 6.23. The smallest absolute Gasteiger partial charge is 0.329 e. The lowest BCUT2D eigenvalue weighted by Crippen LogP contribution is -2.60. The molecule has 4 amide bonds. The first-order chi connectivity index (χ1) is 27.0. The Morgan fingerprint density at radius 2 is 1.34 bits per heavy atom. The molecule has 0 radical (unpaired) electrons. The van der Waals surface area contributed by atoms with Crippen molar-refractivity contribution in [1.82, 2.24) is 15.1 Å². The second-order valence-corrected chi connectivity index (χ2v) is 17.9. The van der Waals surface area contributed by atoms with E-state index in [1.54, 1.807) is 83.3 Å². The minimum atomic E-state index is -1.62. The zero-order valence-corrected chi connectivity index (χ0v) is 35.4. The van der Waals surface area contributed by atoms with Gasteiger partial charge in [0, 0.05) is 16.7 Å². The maximum Gasteiger partial charge on any atom is 0.329 e. The summed E-state index contributed by atoms with van der Waals surface area (Å²) in [5.74, 6) is -4.43. The molecule has 12 nitrogen and oxygen atoms in total. The third-order valence-electron chi connectivity index (χ3n) is 10.1. The molecule has 0 aromatic heterocycles. The van der Waals surface area contributed by atoms with Crippen LogP contribution in [0.25, 0.3) is 0 Å². The Morgan fingerprint density at radius 1 is 0.810 bits per heavy atom. The summed E-state index contributed by atoms with van der Waals surface area (Å²) in [6.45, 7) is 18.6. The number of amides is 4. The van der Waals surface area contributed by atoms with Crippen LogP contribution in [0.3, 0.4) is 0 Å². The summed E-state index contributed by atoms with van der Waals surface area (Å²) >= 11 is 0. The number of hydrogen-bond acceptors (Lipinski definition) is 9. The standard InChI is InChI=1S/C46H55N3O9/c1-27(24-36(50)57-38-32(44(2,3)4)25-29(56-11)26-33(38)45(5,6)7)37(49-40(52)30-20-15-16-21-31(30)41(49)53)42(54)48-34(43(55)58-46(8,9)10)22-17-23-35(48)47-39(51)28-18-13-12-14-19-28/h12-16,18-21,23,25-27,34,37H,17,22,24H2,1-11H3,(H,47,51)/t27-,34?,37?/m1/s1. The number of carbonyl (C=O) groups excluding carboxylic acids is 6. The summed E-state index contributed by atoms with van der Waals surface area (Å²) in [6, 6.07) is 15.4. The molecule has 12 heteroatoms. The second kappa shape index (κ2) is 16.6. The first-order valence-corrected chi connectivity index (χ1v) is 19.6. The van der Waals surface area contributed by atoms with Crippen LogP contribution in [0, 0.1) is 5.92 Å². The number of hydrogen-bond donors (Lipinski definition) is 1. The Morgan fingerprint density at radius 3 is 1.84 bits per heavy atom. The third kappa shape index (κ3) is 9.33. The van der Waals surface area contributed by atoms with Crippen LogP contribution < -0.4 is 14.8 Å². The van der Waals surface area contributed by atoms with E-state index in [-0.39, 0.29) is 23.4 Å². The second-order valence-electron chi connectivity index (χ2n) is 17.9. The van der Waals surface area contributed by atoms with Gasteiger partial charge in [0.1, 0.15) is 35.0 Å². The molecular weight excluding hydrogens is 739 g/mol. The van der Waals surface area contributed by atoms with Gasteiger partial charge in [-0.05, 0) is 92.8 Å². The van der Waals surface area contributed by atoms with Crippen molar-refractivity contribution in [2.24, 2.45) is 5.92 Å². The minimum Gasteiger partial charge on any atom is -0.497 e. The van der Waals surface area contributed by atoms with Crippen molar-refractivity contribution in [3.63, 3.8) is 0 Å². The lowest BCUT2D eigenvalue weighted by atomic mass is 9.79. The van der Waals surface area contributed by atoms with Crippen LogP contribution in [0.5, 0.6) is 11.5 Å². The highest BCUT2D eigenvalue weighted by Crippen LogP contribution is 2.43. The molecule has 3 atom stereocenters. The van der Waals surface area contributed by atoms with Crippen molar-refractivity contribution in [3.05, 3.63) is 106 Å². The van der Waals surface area contributed by atoms with Gasteiger partial charge in [-0.3, -0.25) is 33.8 Å². The fraction of sp³-hybridized carbons (Fsp3) is 0.435. The lowest BCUT2D eigenvalue weighted by Gasteiger charge is -2.40. The van der Waals surface area contributed by atoms with Crippen LogP contribution in [0.4, 0.5) is 0 Å².